The summed E-state index contributed by atoms with van der Waals surface area (Å²) >= 11 is 0. The molecule has 0 radical (unpaired) electrons. The lowest BCUT2D eigenvalue weighted by molar-refractivity contribution is 0.320. The summed E-state index contributed by atoms with van der Waals surface area (Å²) in [5, 5.41) is 0. The quantitative estimate of drug-likeness (QED) is 0.776. The van der Waals surface area contributed by atoms with Crippen LogP contribution in [0, 0.1) is 0 Å². The Morgan fingerprint density at radius 2 is 1.79 bits per heavy atom. The molecule has 0 saturated carbocycles. The Kier molecular flexibility index (Phi) is 4.09. The van der Waals surface area contributed by atoms with Crippen molar-refractivity contribution in [2.75, 3.05) is 6.61 Å². The molecule has 0 saturated heterocycles. The lowest BCUT2D eigenvalue weighted by Gasteiger charge is -2.15. The minimum Gasteiger partial charge on any atom is -0.492 e. The second-order valence-corrected chi connectivity index (χ2v) is 4.11. The minimum atomic E-state index is -5.03. The Balaban J connectivity index is 1.93. The zero-order valence-corrected chi connectivity index (χ0v) is 10.1. The SMILES string of the molecule is F[B-](F)(F)c1cncc(OCCc2ccccc2)c1. The predicted molar refractivity (Wildman–Crippen MR) is 68.6 cm³/mol. The van der Waals surface area contributed by atoms with Gasteiger partial charge in [0.05, 0.1) is 12.8 Å². The fraction of sp³-hybridized carbons (Fsp3) is 0.154. The minimum absolute atomic E-state index is 0.146. The van der Waals surface area contributed by atoms with Gasteiger partial charge in [0, 0.05) is 12.6 Å². The first kappa shape index (κ1) is 13.5. The van der Waals surface area contributed by atoms with Crippen LogP contribution in [0.3, 0.4) is 0 Å². The number of nitrogens with zero attached hydrogens (tertiary/aromatic N) is 1. The number of hydrogen-bond acceptors (Lipinski definition) is 2. The van der Waals surface area contributed by atoms with Crippen LogP contribution in [0.4, 0.5) is 12.9 Å². The van der Waals surface area contributed by atoms with Crippen molar-refractivity contribution >= 4 is 12.4 Å². The first-order chi connectivity index (χ1) is 9.05. The highest BCUT2D eigenvalue weighted by Gasteiger charge is 2.26. The molecule has 100 valence electrons. The highest BCUT2D eigenvalue weighted by atomic mass is 19.4. The maximum absolute atomic E-state index is 12.5. The smallest absolute Gasteiger partial charge is 0.492 e. The van der Waals surface area contributed by atoms with Crippen molar-refractivity contribution in [2.45, 2.75) is 6.42 Å². The summed E-state index contributed by atoms with van der Waals surface area (Å²) in [6.07, 6.45) is 2.74. The van der Waals surface area contributed by atoms with Crippen LogP contribution >= 0.6 is 0 Å². The highest BCUT2D eigenvalue weighted by Crippen LogP contribution is 2.13. The first-order valence-electron chi connectivity index (χ1n) is 5.87. The molecule has 0 spiro atoms. The van der Waals surface area contributed by atoms with Crippen molar-refractivity contribution in [2.24, 2.45) is 0 Å². The Bertz CT molecular complexity index is 531. The molecule has 0 unspecified atom stereocenters. The number of benzene rings is 1. The predicted octanol–water partition coefficient (Wildman–Crippen LogP) is 2.76. The molecular formula is C13H12BF3NO-. The van der Waals surface area contributed by atoms with E-state index in [-0.39, 0.29) is 5.75 Å². The van der Waals surface area contributed by atoms with E-state index in [1.807, 2.05) is 30.3 Å². The molecule has 2 rings (SSSR count). The van der Waals surface area contributed by atoms with E-state index in [1.165, 1.54) is 6.20 Å². The van der Waals surface area contributed by atoms with Gasteiger partial charge in [-0.2, -0.15) is 0 Å². The maximum atomic E-state index is 12.5. The fourth-order valence-corrected chi connectivity index (χ4v) is 1.62. The van der Waals surface area contributed by atoms with Gasteiger partial charge in [-0.25, -0.2) is 0 Å². The molecule has 0 N–H and O–H groups in total. The average molecular weight is 266 g/mol. The number of hydrogen-bond donors (Lipinski definition) is 0. The normalized spacial score (nSPS) is 11.3. The molecule has 2 nitrogen and oxygen atoms in total. The van der Waals surface area contributed by atoms with Crippen LogP contribution in [0.15, 0.2) is 48.8 Å². The highest BCUT2D eigenvalue weighted by molar-refractivity contribution is 6.73. The van der Waals surface area contributed by atoms with Crippen LogP contribution < -0.4 is 10.2 Å². The van der Waals surface area contributed by atoms with Gasteiger partial charge in [0.15, 0.2) is 0 Å². The molecule has 1 aromatic carbocycles. The topological polar surface area (TPSA) is 22.1 Å². The van der Waals surface area contributed by atoms with Crippen LogP contribution in [0.2, 0.25) is 0 Å². The molecular weight excluding hydrogens is 254 g/mol. The Morgan fingerprint density at radius 3 is 2.47 bits per heavy atom. The largest absolute Gasteiger partial charge is 0.511 e. The van der Waals surface area contributed by atoms with Gasteiger partial charge in [0.1, 0.15) is 5.75 Å². The number of rotatable bonds is 5. The summed E-state index contributed by atoms with van der Waals surface area (Å²) in [6, 6.07) is 10.6. The van der Waals surface area contributed by atoms with Crippen molar-refractivity contribution in [3.63, 3.8) is 0 Å². The standard InChI is InChI=1S/C13H12BF3NO/c15-14(16,17)12-8-13(10-18-9-12)19-7-6-11-4-2-1-3-5-11/h1-5,8-10H,6-7H2/q-1. The molecule has 0 aliphatic heterocycles. The lowest BCUT2D eigenvalue weighted by Crippen LogP contribution is -2.34. The molecule has 0 fully saturated rings. The molecule has 6 heteroatoms. The average Bonchev–Trinajstić information content (AvgIpc) is 2.39. The molecule has 1 heterocycles. The number of halogens is 3. The van der Waals surface area contributed by atoms with Gasteiger partial charge in [0.2, 0.25) is 0 Å². The Labute approximate surface area is 109 Å². The van der Waals surface area contributed by atoms with Gasteiger partial charge in [-0.15, -0.1) is 0 Å². The van der Waals surface area contributed by atoms with E-state index < -0.39 is 12.4 Å². The molecule has 1 aromatic heterocycles. The summed E-state index contributed by atoms with van der Waals surface area (Å²) < 4.78 is 42.9. The fourth-order valence-electron chi connectivity index (χ4n) is 1.62. The Hall–Kier alpha value is -1.98. The summed E-state index contributed by atoms with van der Waals surface area (Å²) in [4.78, 5) is 3.55. The molecule has 0 aliphatic rings. The summed E-state index contributed by atoms with van der Waals surface area (Å²) in [5.74, 6) is 0.146. The summed E-state index contributed by atoms with van der Waals surface area (Å²) in [6.45, 7) is -4.71. The Morgan fingerprint density at radius 1 is 1.05 bits per heavy atom. The molecule has 0 bridgehead atoms. The number of ether oxygens (including phenoxy) is 1. The molecule has 0 amide bonds. The molecule has 0 atom stereocenters. The van der Waals surface area contributed by atoms with Crippen molar-refractivity contribution in [3.05, 3.63) is 54.4 Å². The van der Waals surface area contributed by atoms with E-state index in [9.17, 15) is 12.9 Å². The second kappa shape index (κ2) is 5.78. The molecule has 19 heavy (non-hydrogen) atoms. The first-order valence-corrected chi connectivity index (χ1v) is 5.87. The van der Waals surface area contributed by atoms with E-state index in [0.29, 0.717) is 13.0 Å². The second-order valence-electron chi connectivity index (χ2n) is 4.11. The van der Waals surface area contributed by atoms with Crippen molar-refractivity contribution in [1.82, 2.24) is 4.98 Å². The van der Waals surface area contributed by atoms with Gasteiger partial charge in [-0.1, -0.05) is 35.8 Å². The van der Waals surface area contributed by atoms with Crippen molar-refractivity contribution in [3.8, 4) is 5.75 Å². The number of pyridine rings is 1. The van der Waals surface area contributed by atoms with Crippen molar-refractivity contribution in [1.29, 1.82) is 0 Å². The van der Waals surface area contributed by atoms with E-state index in [1.54, 1.807) is 0 Å². The van der Waals surface area contributed by atoms with Gasteiger partial charge in [-0.3, -0.25) is 4.98 Å². The third kappa shape index (κ3) is 4.01. The van der Waals surface area contributed by atoms with Gasteiger partial charge in [0.25, 0.3) is 0 Å². The zero-order valence-electron chi connectivity index (χ0n) is 10.1. The van der Waals surface area contributed by atoms with Gasteiger partial charge >= 0.3 is 6.98 Å². The van der Waals surface area contributed by atoms with Gasteiger partial charge < -0.3 is 17.7 Å². The zero-order chi connectivity index (χ0) is 13.7. The van der Waals surface area contributed by atoms with E-state index in [4.69, 9.17) is 4.74 Å². The third-order valence-electron chi connectivity index (χ3n) is 2.61. The van der Waals surface area contributed by atoms with Crippen LogP contribution in [0.25, 0.3) is 0 Å². The van der Waals surface area contributed by atoms with E-state index in [0.717, 1.165) is 17.8 Å². The van der Waals surface area contributed by atoms with E-state index >= 15 is 0 Å². The van der Waals surface area contributed by atoms with E-state index in [2.05, 4.69) is 4.98 Å². The van der Waals surface area contributed by atoms with Crippen molar-refractivity contribution < 1.29 is 17.7 Å². The van der Waals surface area contributed by atoms with Crippen LogP contribution in [-0.2, 0) is 6.42 Å². The molecule has 2 aromatic rings. The van der Waals surface area contributed by atoms with Crippen LogP contribution in [-0.4, -0.2) is 18.6 Å². The maximum Gasteiger partial charge on any atom is 0.511 e. The van der Waals surface area contributed by atoms with Crippen LogP contribution in [0.5, 0.6) is 5.75 Å². The summed E-state index contributed by atoms with van der Waals surface area (Å²) in [7, 11) is 0. The third-order valence-corrected chi connectivity index (χ3v) is 2.61. The molecule has 0 aliphatic carbocycles. The monoisotopic (exact) mass is 266 g/mol. The van der Waals surface area contributed by atoms with Gasteiger partial charge in [-0.05, 0) is 11.6 Å². The summed E-state index contributed by atoms with van der Waals surface area (Å²) in [5.41, 5.74) is 0.337. The lowest BCUT2D eigenvalue weighted by atomic mass is 9.81. The van der Waals surface area contributed by atoms with Crippen LogP contribution in [0.1, 0.15) is 5.56 Å². The number of aromatic nitrogens is 1.